The topological polar surface area (TPSA) is 106 Å². The molecule has 3 atom stereocenters. The van der Waals surface area contributed by atoms with Gasteiger partial charge in [0.2, 0.25) is 0 Å². The van der Waals surface area contributed by atoms with E-state index in [0.717, 1.165) is 43.9 Å². The van der Waals surface area contributed by atoms with Crippen molar-refractivity contribution in [3.63, 3.8) is 0 Å². The number of esters is 1. The molecule has 3 aliphatic rings. The lowest BCUT2D eigenvalue weighted by atomic mass is 9.99. The van der Waals surface area contributed by atoms with Gasteiger partial charge in [0.15, 0.2) is 16.7 Å². The number of fused-ring (bicyclic) bond motifs is 3. The van der Waals surface area contributed by atoms with Crippen LogP contribution in [0, 0.1) is 17.5 Å². The van der Waals surface area contributed by atoms with Crippen LogP contribution in [0.5, 0.6) is 0 Å². The van der Waals surface area contributed by atoms with Crippen molar-refractivity contribution in [2.75, 3.05) is 4.90 Å². The quantitative estimate of drug-likeness (QED) is 0.270. The fourth-order valence-corrected chi connectivity index (χ4v) is 7.14. The van der Waals surface area contributed by atoms with Gasteiger partial charge in [-0.15, -0.1) is 0 Å². The number of carboxylic acids is 1. The monoisotopic (exact) mass is 569 g/mol. The number of halogens is 3. The number of anilines is 1. The van der Waals surface area contributed by atoms with Crippen LogP contribution in [-0.2, 0) is 4.74 Å². The van der Waals surface area contributed by atoms with Crippen molar-refractivity contribution in [3.8, 4) is 11.3 Å². The van der Waals surface area contributed by atoms with Crippen LogP contribution >= 0.6 is 11.3 Å². The molecule has 2 aromatic heterocycles. The van der Waals surface area contributed by atoms with E-state index in [1.165, 1.54) is 23.5 Å². The summed E-state index contributed by atoms with van der Waals surface area (Å²) in [6.45, 7) is 0. The molecule has 40 heavy (non-hydrogen) atoms. The number of aromatic nitrogens is 2. The molecule has 0 amide bonds. The summed E-state index contributed by atoms with van der Waals surface area (Å²) >= 11 is 1.24. The molecule has 2 aliphatic heterocycles. The van der Waals surface area contributed by atoms with Crippen LogP contribution in [0.1, 0.15) is 70.9 Å². The summed E-state index contributed by atoms with van der Waals surface area (Å²) < 4.78 is 55.6. The van der Waals surface area contributed by atoms with Crippen molar-refractivity contribution >= 4 is 38.6 Å². The molecule has 1 unspecified atom stereocenters. The van der Waals surface area contributed by atoms with Gasteiger partial charge >= 0.3 is 11.9 Å². The molecule has 8 nitrogen and oxygen atoms in total. The summed E-state index contributed by atoms with van der Waals surface area (Å²) in [6, 6.07) is 5.79. The minimum Gasteiger partial charge on any atom is -0.478 e. The second-order valence-electron chi connectivity index (χ2n) is 10.5. The average Bonchev–Trinajstić information content (AvgIpc) is 3.41. The first-order valence-electron chi connectivity index (χ1n) is 13.0. The predicted molar refractivity (Wildman–Crippen MR) is 138 cm³/mol. The molecule has 1 aliphatic carbocycles. The Kier molecular flexibility index (Phi) is 5.84. The summed E-state index contributed by atoms with van der Waals surface area (Å²) in [5.74, 6) is -4.06. The van der Waals surface area contributed by atoms with E-state index in [1.54, 1.807) is 0 Å². The van der Waals surface area contributed by atoms with E-state index in [4.69, 9.17) is 9.26 Å². The van der Waals surface area contributed by atoms with E-state index in [0.29, 0.717) is 28.4 Å². The molecule has 2 aromatic carbocycles. The Morgan fingerprint density at radius 3 is 2.38 bits per heavy atom. The number of piperidine rings is 1. The second kappa shape index (κ2) is 9.33. The lowest BCUT2D eigenvalue weighted by molar-refractivity contribution is 0.0202. The zero-order valence-electron chi connectivity index (χ0n) is 20.9. The van der Waals surface area contributed by atoms with Crippen LogP contribution in [-0.4, -0.2) is 45.4 Å². The summed E-state index contributed by atoms with van der Waals surface area (Å²) in [4.78, 5) is 31.4. The standard InChI is InChI=1S/C28H22F3N3O5S/c29-17-2-1-3-18(30)21(17)24-22(25(39-33-24)12-4-5-12)27(37)38-16-10-14-6-7-15(11-16)34(14)28-32-23-19(31)8-13(26(35)36)9-20(23)40-28/h1-3,8-9,12,14-16H,4-7,10-11H2,(H,35,36)/t14-,15+,16?. The first-order chi connectivity index (χ1) is 19.3. The minimum atomic E-state index is -1.21. The van der Waals surface area contributed by atoms with E-state index in [9.17, 15) is 27.9 Å². The number of carboxylic acid groups (broad SMARTS) is 1. The maximum absolute atomic E-state index is 14.6. The summed E-state index contributed by atoms with van der Waals surface area (Å²) in [6.07, 6.45) is 3.75. The minimum absolute atomic E-state index is 0.0204. The van der Waals surface area contributed by atoms with Crippen LogP contribution in [0.4, 0.5) is 18.3 Å². The predicted octanol–water partition coefficient (Wildman–Crippen LogP) is 6.30. The molecule has 12 heteroatoms. The van der Waals surface area contributed by atoms with E-state index >= 15 is 0 Å². The van der Waals surface area contributed by atoms with E-state index in [-0.39, 0.29) is 40.3 Å². The Balaban J connectivity index is 1.14. The highest BCUT2D eigenvalue weighted by Gasteiger charge is 2.45. The molecule has 1 saturated carbocycles. The number of benzene rings is 2. The van der Waals surface area contributed by atoms with Gasteiger partial charge < -0.3 is 19.3 Å². The maximum atomic E-state index is 14.6. The van der Waals surface area contributed by atoms with Crippen molar-refractivity contribution in [1.29, 1.82) is 0 Å². The number of nitrogens with zero attached hydrogens (tertiary/aromatic N) is 3. The molecule has 3 fully saturated rings. The molecule has 7 rings (SSSR count). The fraction of sp³-hybridized carbons (Fsp3) is 0.357. The van der Waals surface area contributed by atoms with Crippen LogP contribution < -0.4 is 4.90 Å². The normalized spacial score (nSPS) is 22.2. The third-order valence-electron chi connectivity index (χ3n) is 7.94. The number of aromatic carboxylic acids is 1. The molecule has 206 valence electrons. The highest BCUT2D eigenvalue weighted by molar-refractivity contribution is 7.22. The van der Waals surface area contributed by atoms with Gasteiger partial charge in [0.1, 0.15) is 34.5 Å². The number of hydrogen-bond donors (Lipinski definition) is 1. The van der Waals surface area contributed by atoms with Crippen LogP contribution in [0.15, 0.2) is 34.9 Å². The van der Waals surface area contributed by atoms with Gasteiger partial charge in [0, 0.05) is 30.8 Å². The number of carbonyl (C=O) groups is 2. The van der Waals surface area contributed by atoms with Gasteiger partial charge in [-0.1, -0.05) is 22.6 Å². The summed E-state index contributed by atoms with van der Waals surface area (Å²) in [5.41, 5.74) is -0.653. The van der Waals surface area contributed by atoms with E-state index < -0.39 is 41.1 Å². The van der Waals surface area contributed by atoms with Gasteiger partial charge in [0.25, 0.3) is 0 Å². The molecule has 2 bridgehead atoms. The first-order valence-corrected chi connectivity index (χ1v) is 13.9. The third-order valence-corrected chi connectivity index (χ3v) is 8.95. The highest BCUT2D eigenvalue weighted by Crippen LogP contribution is 2.46. The Morgan fingerprint density at radius 1 is 1.02 bits per heavy atom. The molecule has 0 spiro atoms. The summed E-state index contributed by atoms with van der Waals surface area (Å²) in [5, 5.41) is 13.7. The average molecular weight is 570 g/mol. The summed E-state index contributed by atoms with van der Waals surface area (Å²) in [7, 11) is 0. The van der Waals surface area contributed by atoms with Gasteiger partial charge in [0.05, 0.1) is 15.8 Å². The van der Waals surface area contributed by atoms with Gasteiger partial charge in [-0.05, 0) is 49.9 Å². The zero-order chi connectivity index (χ0) is 27.7. The Bertz CT molecular complexity index is 1650. The van der Waals surface area contributed by atoms with Crippen LogP contribution in [0.2, 0.25) is 0 Å². The van der Waals surface area contributed by atoms with Gasteiger partial charge in [-0.25, -0.2) is 27.7 Å². The van der Waals surface area contributed by atoms with Crippen molar-refractivity contribution in [1.82, 2.24) is 10.1 Å². The SMILES string of the molecule is O=C(O)c1cc(F)c2nc(N3[C@@H]4CC[C@H]3CC(OC(=O)c3c(-c5c(F)cccc5F)noc3C3CC3)C4)sc2c1. The number of rotatable bonds is 6. The largest absolute Gasteiger partial charge is 0.478 e. The fourth-order valence-electron chi connectivity index (χ4n) is 5.98. The number of carbonyl (C=O) groups excluding carboxylic acids is 1. The Labute approximate surface area is 229 Å². The molecular formula is C28H22F3N3O5S. The first kappa shape index (κ1) is 25.1. The molecule has 4 heterocycles. The van der Waals surface area contributed by atoms with E-state index in [2.05, 4.69) is 15.0 Å². The molecule has 4 aromatic rings. The number of thiazole rings is 1. The number of hydrogen-bond acceptors (Lipinski definition) is 8. The van der Waals surface area contributed by atoms with E-state index in [1.807, 2.05) is 0 Å². The van der Waals surface area contributed by atoms with Gasteiger partial charge in [-0.3, -0.25) is 0 Å². The number of ether oxygens (including phenoxy) is 1. The molecule has 1 N–H and O–H groups in total. The Hall–Kier alpha value is -3.93. The molecular weight excluding hydrogens is 547 g/mol. The maximum Gasteiger partial charge on any atom is 0.344 e. The lowest BCUT2D eigenvalue weighted by Gasteiger charge is -2.38. The smallest absolute Gasteiger partial charge is 0.344 e. The van der Waals surface area contributed by atoms with Crippen molar-refractivity contribution in [3.05, 3.63) is 64.7 Å². The van der Waals surface area contributed by atoms with Crippen LogP contribution in [0.3, 0.4) is 0 Å². The van der Waals surface area contributed by atoms with Crippen molar-refractivity contribution in [2.24, 2.45) is 0 Å². The van der Waals surface area contributed by atoms with Gasteiger partial charge in [-0.2, -0.15) is 0 Å². The second-order valence-corrected chi connectivity index (χ2v) is 11.5. The Morgan fingerprint density at radius 2 is 1.73 bits per heavy atom. The molecule has 0 radical (unpaired) electrons. The van der Waals surface area contributed by atoms with Crippen molar-refractivity contribution < 1.29 is 37.1 Å². The highest BCUT2D eigenvalue weighted by atomic mass is 32.1. The third kappa shape index (κ3) is 4.12. The zero-order valence-corrected chi connectivity index (χ0v) is 21.7. The van der Waals surface area contributed by atoms with Crippen molar-refractivity contribution in [2.45, 2.75) is 62.6 Å². The van der Waals surface area contributed by atoms with Crippen LogP contribution in [0.25, 0.3) is 21.5 Å². The lowest BCUT2D eigenvalue weighted by Crippen LogP contribution is -2.46. The molecule has 2 saturated heterocycles.